The molecule has 0 saturated carbocycles. The topological polar surface area (TPSA) is 67.4 Å². The van der Waals surface area contributed by atoms with Gasteiger partial charge in [-0.15, -0.1) is 0 Å². The molecule has 1 unspecified atom stereocenters. The van der Waals surface area contributed by atoms with Crippen molar-refractivity contribution in [2.24, 2.45) is 4.99 Å². The van der Waals surface area contributed by atoms with Crippen LogP contribution in [0.25, 0.3) is 0 Å². The highest BCUT2D eigenvalue weighted by atomic mass is 16.5. The minimum Gasteiger partial charge on any atom is -0.497 e. The Labute approximate surface area is 169 Å². The Morgan fingerprint density at radius 3 is 2.61 bits per heavy atom. The number of benzene rings is 1. The van der Waals surface area contributed by atoms with Crippen molar-refractivity contribution in [3.05, 3.63) is 24.3 Å². The van der Waals surface area contributed by atoms with Gasteiger partial charge < -0.3 is 29.7 Å². The van der Waals surface area contributed by atoms with Crippen LogP contribution in [-0.4, -0.2) is 76.6 Å². The van der Waals surface area contributed by atoms with E-state index >= 15 is 0 Å². The number of hydrogen-bond acceptors (Lipinski definition) is 5. The summed E-state index contributed by atoms with van der Waals surface area (Å²) in [6, 6.07) is 7.66. The smallest absolute Gasteiger partial charge is 0.191 e. The lowest BCUT2D eigenvalue weighted by Crippen LogP contribution is -2.52. The Hall–Kier alpha value is -1.99. The molecule has 1 aromatic carbocycles. The summed E-state index contributed by atoms with van der Waals surface area (Å²) in [5, 5.41) is 6.73. The van der Waals surface area contributed by atoms with Crippen molar-refractivity contribution in [2.75, 3.05) is 54.1 Å². The first-order valence-corrected chi connectivity index (χ1v) is 10.1. The van der Waals surface area contributed by atoms with Gasteiger partial charge in [0, 0.05) is 31.4 Å². The summed E-state index contributed by atoms with van der Waals surface area (Å²) in [5.74, 6) is 2.40. The predicted molar refractivity (Wildman–Crippen MR) is 114 cm³/mol. The second kappa shape index (κ2) is 11.1. The van der Waals surface area contributed by atoms with Crippen molar-refractivity contribution in [1.82, 2.24) is 15.5 Å². The summed E-state index contributed by atoms with van der Waals surface area (Å²) < 4.78 is 16.8. The van der Waals surface area contributed by atoms with E-state index in [1.54, 1.807) is 7.11 Å². The van der Waals surface area contributed by atoms with Gasteiger partial charge in [-0.3, -0.25) is 4.99 Å². The molecule has 1 aliphatic heterocycles. The van der Waals surface area contributed by atoms with E-state index in [1.165, 1.54) is 0 Å². The molecule has 158 valence electrons. The van der Waals surface area contributed by atoms with E-state index in [1.807, 2.05) is 31.2 Å². The highest BCUT2D eigenvalue weighted by molar-refractivity contribution is 5.79. The molecule has 2 rings (SSSR count). The predicted octanol–water partition coefficient (Wildman–Crippen LogP) is 2.13. The Morgan fingerprint density at radius 2 is 1.96 bits per heavy atom. The molecule has 0 aromatic heterocycles. The van der Waals surface area contributed by atoms with E-state index < -0.39 is 0 Å². The Morgan fingerprint density at radius 1 is 1.25 bits per heavy atom. The fourth-order valence-corrected chi connectivity index (χ4v) is 3.25. The van der Waals surface area contributed by atoms with Crippen LogP contribution in [0.15, 0.2) is 29.3 Å². The van der Waals surface area contributed by atoms with Gasteiger partial charge in [-0.2, -0.15) is 0 Å². The van der Waals surface area contributed by atoms with Crippen LogP contribution in [0.4, 0.5) is 0 Å². The van der Waals surface area contributed by atoms with E-state index in [0.29, 0.717) is 6.54 Å². The van der Waals surface area contributed by atoms with Gasteiger partial charge in [-0.1, -0.05) is 6.07 Å². The number of hydrogen-bond donors (Lipinski definition) is 2. The van der Waals surface area contributed by atoms with Gasteiger partial charge in [0.25, 0.3) is 0 Å². The van der Waals surface area contributed by atoms with Crippen molar-refractivity contribution >= 4 is 5.96 Å². The molecule has 0 spiro atoms. The lowest BCUT2D eigenvalue weighted by molar-refractivity contribution is -0.00255. The summed E-state index contributed by atoms with van der Waals surface area (Å²) >= 11 is 0. The molecule has 0 bridgehead atoms. The third-order valence-corrected chi connectivity index (χ3v) is 5.18. The SMILES string of the molecule is CCNC(=NCC1(N(C)C)CCOCC1)NCC(C)Oc1cccc(OC)c1. The molecule has 1 atom stereocenters. The van der Waals surface area contributed by atoms with Gasteiger partial charge in [-0.25, -0.2) is 0 Å². The van der Waals surface area contributed by atoms with Crippen molar-refractivity contribution in [3.63, 3.8) is 0 Å². The molecule has 0 aliphatic carbocycles. The average molecular weight is 393 g/mol. The van der Waals surface area contributed by atoms with Crippen molar-refractivity contribution in [2.45, 2.75) is 38.3 Å². The quantitative estimate of drug-likeness (QED) is 0.496. The molecule has 1 aliphatic rings. The number of nitrogens with zero attached hydrogens (tertiary/aromatic N) is 2. The molecule has 28 heavy (non-hydrogen) atoms. The maximum atomic E-state index is 5.99. The number of rotatable bonds is 9. The van der Waals surface area contributed by atoms with Crippen LogP contribution in [0.5, 0.6) is 11.5 Å². The van der Waals surface area contributed by atoms with E-state index in [0.717, 1.165) is 56.6 Å². The number of ether oxygens (including phenoxy) is 3. The maximum absolute atomic E-state index is 5.99. The van der Waals surface area contributed by atoms with Crippen LogP contribution >= 0.6 is 0 Å². The van der Waals surface area contributed by atoms with E-state index in [-0.39, 0.29) is 11.6 Å². The normalized spacial score (nSPS) is 17.9. The summed E-state index contributed by atoms with van der Waals surface area (Å²) in [6.45, 7) is 7.91. The molecule has 0 radical (unpaired) electrons. The summed E-state index contributed by atoms with van der Waals surface area (Å²) in [4.78, 5) is 7.15. The van der Waals surface area contributed by atoms with Crippen LogP contribution in [0.1, 0.15) is 26.7 Å². The first kappa shape index (κ1) is 22.3. The first-order valence-electron chi connectivity index (χ1n) is 10.1. The van der Waals surface area contributed by atoms with Crippen molar-refractivity contribution in [1.29, 1.82) is 0 Å². The number of methoxy groups -OCH3 is 1. The van der Waals surface area contributed by atoms with Gasteiger partial charge in [0.2, 0.25) is 0 Å². The zero-order chi connectivity index (χ0) is 20.4. The Bertz CT molecular complexity index is 615. The third kappa shape index (κ3) is 6.56. The molecule has 2 N–H and O–H groups in total. The summed E-state index contributed by atoms with van der Waals surface area (Å²) in [7, 11) is 5.92. The Kier molecular flexibility index (Phi) is 8.86. The van der Waals surface area contributed by atoms with E-state index in [9.17, 15) is 0 Å². The van der Waals surface area contributed by atoms with Crippen LogP contribution in [0.2, 0.25) is 0 Å². The molecule has 7 nitrogen and oxygen atoms in total. The second-order valence-electron chi connectivity index (χ2n) is 7.41. The fourth-order valence-electron chi connectivity index (χ4n) is 3.25. The summed E-state index contributed by atoms with van der Waals surface area (Å²) in [6.07, 6.45) is 1.98. The highest BCUT2D eigenvalue weighted by Crippen LogP contribution is 2.26. The highest BCUT2D eigenvalue weighted by Gasteiger charge is 2.34. The standard InChI is InChI=1S/C21H36N4O3/c1-6-22-20(24-16-21(25(3)4)10-12-27-13-11-21)23-15-17(2)28-19-9-7-8-18(14-19)26-5/h7-9,14,17H,6,10-13,15-16H2,1-5H3,(H2,22,23,24). The van der Waals surface area contributed by atoms with Crippen LogP contribution in [0.3, 0.4) is 0 Å². The number of nitrogens with one attached hydrogen (secondary N) is 2. The minimum absolute atomic E-state index is 0.0122. The zero-order valence-corrected chi connectivity index (χ0v) is 18.0. The maximum Gasteiger partial charge on any atom is 0.191 e. The second-order valence-corrected chi connectivity index (χ2v) is 7.41. The molecule has 1 saturated heterocycles. The lowest BCUT2D eigenvalue weighted by atomic mass is 9.89. The zero-order valence-electron chi connectivity index (χ0n) is 18.0. The van der Waals surface area contributed by atoms with E-state index in [4.69, 9.17) is 19.2 Å². The molecule has 1 heterocycles. The van der Waals surface area contributed by atoms with Crippen LogP contribution in [0, 0.1) is 0 Å². The lowest BCUT2D eigenvalue weighted by Gasteiger charge is -2.41. The van der Waals surface area contributed by atoms with Gasteiger partial charge >= 0.3 is 0 Å². The van der Waals surface area contributed by atoms with Gasteiger partial charge in [0.15, 0.2) is 5.96 Å². The fraction of sp³-hybridized carbons (Fsp3) is 0.667. The number of aliphatic imine (C=N–C) groups is 1. The molecule has 1 aromatic rings. The van der Waals surface area contributed by atoms with Crippen LogP contribution in [-0.2, 0) is 4.74 Å². The van der Waals surface area contributed by atoms with Crippen LogP contribution < -0.4 is 20.1 Å². The average Bonchev–Trinajstić information content (AvgIpc) is 2.70. The monoisotopic (exact) mass is 392 g/mol. The first-order chi connectivity index (χ1) is 13.5. The number of guanidine groups is 1. The summed E-state index contributed by atoms with van der Waals surface area (Å²) in [5.41, 5.74) is 0.0588. The van der Waals surface area contributed by atoms with Gasteiger partial charge in [0.1, 0.15) is 17.6 Å². The van der Waals surface area contributed by atoms with Crippen molar-refractivity contribution < 1.29 is 14.2 Å². The molecule has 1 fully saturated rings. The Balaban J connectivity index is 1.92. The largest absolute Gasteiger partial charge is 0.497 e. The van der Waals surface area contributed by atoms with E-state index in [2.05, 4.69) is 36.6 Å². The molecule has 7 heteroatoms. The van der Waals surface area contributed by atoms with Crippen molar-refractivity contribution in [3.8, 4) is 11.5 Å². The minimum atomic E-state index is -0.0122. The van der Waals surface area contributed by atoms with Gasteiger partial charge in [-0.05, 0) is 52.9 Å². The molecular weight excluding hydrogens is 356 g/mol. The molecular formula is C21H36N4O3. The molecule has 0 amide bonds. The third-order valence-electron chi connectivity index (χ3n) is 5.18. The number of likely N-dealkylation sites (N-methyl/N-ethyl adjacent to an activating group) is 1. The van der Waals surface area contributed by atoms with Gasteiger partial charge in [0.05, 0.1) is 20.2 Å².